The van der Waals surface area contributed by atoms with Gasteiger partial charge in [0.05, 0.1) is 4.92 Å². The molecule has 0 aromatic heterocycles. The second-order valence-electron chi connectivity index (χ2n) is 4.35. The maximum absolute atomic E-state index is 12.2. The monoisotopic (exact) mass is 266 g/mol. The molecule has 0 aliphatic heterocycles. The molecule has 0 heterocycles. The van der Waals surface area contributed by atoms with Crippen molar-refractivity contribution >= 4 is 11.6 Å². The topological polar surface area (TPSA) is 83.7 Å². The minimum Gasteiger partial charge on any atom is -0.502 e. The summed E-state index contributed by atoms with van der Waals surface area (Å²) in [6.45, 7) is 3.98. The third-order valence-corrected chi connectivity index (χ3v) is 3.23. The molecule has 0 saturated carbocycles. The highest BCUT2D eigenvalue weighted by atomic mass is 16.6. The summed E-state index contributed by atoms with van der Waals surface area (Å²) in [5.41, 5.74) is -0.153. The van der Waals surface area contributed by atoms with Gasteiger partial charge in [-0.25, -0.2) is 0 Å². The fourth-order valence-corrected chi connectivity index (χ4v) is 2.02. The van der Waals surface area contributed by atoms with Gasteiger partial charge in [-0.3, -0.25) is 14.9 Å². The Bertz CT molecular complexity index is 484. The highest BCUT2D eigenvalue weighted by Crippen LogP contribution is 2.27. The fourth-order valence-electron chi connectivity index (χ4n) is 2.02. The van der Waals surface area contributed by atoms with Gasteiger partial charge in [0, 0.05) is 24.7 Å². The molecular weight excluding hydrogens is 248 g/mol. The van der Waals surface area contributed by atoms with Crippen LogP contribution in [0.25, 0.3) is 0 Å². The molecule has 0 spiro atoms. The normalized spacial score (nSPS) is 10.5. The summed E-state index contributed by atoms with van der Waals surface area (Å²) in [4.78, 5) is 23.7. The number of benzene rings is 1. The third kappa shape index (κ3) is 3.21. The van der Waals surface area contributed by atoms with E-state index < -0.39 is 16.4 Å². The Morgan fingerprint density at radius 3 is 2.42 bits per heavy atom. The van der Waals surface area contributed by atoms with Crippen LogP contribution < -0.4 is 0 Å². The van der Waals surface area contributed by atoms with Crippen LogP contribution in [0.3, 0.4) is 0 Å². The van der Waals surface area contributed by atoms with Gasteiger partial charge >= 0.3 is 5.69 Å². The van der Waals surface area contributed by atoms with Crippen molar-refractivity contribution in [1.82, 2.24) is 4.90 Å². The molecular formula is C13H18N2O4. The summed E-state index contributed by atoms with van der Waals surface area (Å²) in [6, 6.07) is 3.76. The van der Waals surface area contributed by atoms with Gasteiger partial charge in [0.25, 0.3) is 5.91 Å². The lowest BCUT2D eigenvalue weighted by molar-refractivity contribution is -0.385. The summed E-state index contributed by atoms with van der Waals surface area (Å²) in [5.74, 6) is -0.743. The molecule has 0 radical (unpaired) electrons. The van der Waals surface area contributed by atoms with Gasteiger partial charge in [0.1, 0.15) is 0 Å². The Balaban J connectivity index is 3.01. The van der Waals surface area contributed by atoms with Gasteiger partial charge in [-0.05, 0) is 25.0 Å². The lowest BCUT2D eigenvalue weighted by atomic mass is 10.1. The highest BCUT2D eigenvalue weighted by molar-refractivity contribution is 5.95. The van der Waals surface area contributed by atoms with Crippen molar-refractivity contribution in [3.05, 3.63) is 33.9 Å². The number of hydrogen-bond acceptors (Lipinski definition) is 4. The zero-order valence-corrected chi connectivity index (χ0v) is 11.3. The van der Waals surface area contributed by atoms with E-state index in [-0.39, 0.29) is 17.5 Å². The van der Waals surface area contributed by atoms with Crippen LogP contribution in [-0.4, -0.2) is 33.9 Å². The predicted molar refractivity (Wildman–Crippen MR) is 71.2 cm³/mol. The first-order valence-electron chi connectivity index (χ1n) is 6.16. The van der Waals surface area contributed by atoms with Crippen LogP contribution in [0.1, 0.15) is 37.0 Å². The SMILES string of the molecule is CCC(CC)N(C)C(=O)c1ccc([N+](=O)[O-])c(O)c1. The zero-order valence-electron chi connectivity index (χ0n) is 11.3. The summed E-state index contributed by atoms with van der Waals surface area (Å²) in [6.07, 6.45) is 1.66. The number of phenols is 1. The molecule has 0 aliphatic rings. The lowest BCUT2D eigenvalue weighted by Gasteiger charge is -2.26. The van der Waals surface area contributed by atoms with Crippen molar-refractivity contribution < 1.29 is 14.8 Å². The van der Waals surface area contributed by atoms with Crippen molar-refractivity contribution in [2.24, 2.45) is 0 Å². The number of carbonyl (C=O) groups is 1. The molecule has 6 nitrogen and oxygen atoms in total. The van der Waals surface area contributed by atoms with Gasteiger partial charge in [0.15, 0.2) is 5.75 Å². The van der Waals surface area contributed by atoms with E-state index in [0.29, 0.717) is 0 Å². The van der Waals surface area contributed by atoms with Crippen LogP contribution in [0, 0.1) is 10.1 Å². The van der Waals surface area contributed by atoms with Crippen LogP contribution in [-0.2, 0) is 0 Å². The smallest absolute Gasteiger partial charge is 0.310 e. The third-order valence-electron chi connectivity index (χ3n) is 3.23. The van der Waals surface area contributed by atoms with E-state index in [4.69, 9.17) is 0 Å². The summed E-state index contributed by atoms with van der Waals surface area (Å²) in [7, 11) is 1.69. The number of aromatic hydroxyl groups is 1. The number of nitro groups is 1. The van der Waals surface area contributed by atoms with Gasteiger partial charge in [-0.2, -0.15) is 0 Å². The predicted octanol–water partition coefficient (Wildman–Crippen LogP) is 2.56. The quantitative estimate of drug-likeness (QED) is 0.655. The molecule has 1 rings (SSSR count). The average Bonchev–Trinajstić information content (AvgIpc) is 2.38. The largest absolute Gasteiger partial charge is 0.502 e. The molecule has 0 fully saturated rings. The molecule has 1 amide bonds. The first kappa shape index (κ1) is 14.9. The number of nitrogens with zero attached hydrogens (tertiary/aromatic N) is 2. The molecule has 0 aliphatic carbocycles. The Morgan fingerprint density at radius 2 is 2.00 bits per heavy atom. The van der Waals surface area contributed by atoms with Crippen LogP contribution in [0.2, 0.25) is 0 Å². The Labute approximate surface area is 111 Å². The highest BCUT2D eigenvalue weighted by Gasteiger charge is 2.21. The number of nitro benzene ring substituents is 1. The van der Waals surface area contributed by atoms with Crippen molar-refractivity contribution in [2.45, 2.75) is 32.7 Å². The lowest BCUT2D eigenvalue weighted by Crippen LogP contribution is -2.36. The first-order chi connectivity index (χ1) is 8.92. The van der Waals surface area contributed by atoms with Gasteiger partial charge in [0.2, 0.25) is 0 Å². The molecule has 1 N–H and O–H groups in total. The Hall–Kier alpha value is -2.11. The van der Waals surface area contributed by atoms with Crippen molar-refractivity contribution in [3.63, 3.8) is 0 Å². The zero-order chi connectivity index (χ0) is 14.6. The van der Waals surface area contributed by atoms with Gasteiger partial charge in [-0.1, -0.05) is 13.8 Å². The van der Waals surface area contributed by atoms with E-state index in [9.17, 15) is 20.0 Å². The molecule has 19 heavy (non-hydrogen) atoms. The molecule has 104 valence electrons. The first-order valence-corrected chi connectivity index (χ1v) is 6.16. The molecule has 0 atom stereocenters. The van der Waals surface area contributed by atoms with Crippen molar-refractivity contribution in [1.29, 1.82) is 0 Å². The number of carbonyl (C=O) groups excluding carboxylic acids is 1. The van der Waals surface area contributed by atoms with Crippen LogP contribution in [0.5, 0.6) is 5.75 Å². The minimum atomic E-state index is -0.686. The van der Waals surface area contributed by atoms with Crippen LogP contribution in [0.15, 0.2) is 18.2 Å². The minimum absolute atomic E-state index is 0.116. The maximum atomic E-state index is 12.2. The van der Waals surface area contributed by atoms with E-state index in [2.05, 4.69) is 0 Å². The summed E-state index contributed by atoms with van der Waals surface area (Å²) < 4.78 is 0. The summed E-state index contributed by atoms with van der Waals surface area (Å²) in [5, 5.41) is 20.1. The molecule has 1 aromatic carbocycles. The van der Waals surface area contributed by atoms with E-state index in [1.165, 1.54) is 6.07 Å². The van der Waals surface area contributed by atoms with E-state index in [1.807, 2.05) is 13.8 Å². The van der Waals surface area contributed by atoms with Gasteiger partial charge in [-0.15, -0.1) is 0 Å². The van der Waals surface area contributed by atoms with Crippen molar-refractivity contribution in [3.8, 4) is 5.75 Å². The molecule has 0 unspecified atom stereocenters. The number of amides is 1. The van der Waals surface area contributed by atoms with E-state index >= 15 is 0 Å². The van der Waals surface area contributed by atoms with Gasteiger partial charge < -0.3 is 10.0 Å². The Morgan fingerprint density at radius 1 is 1.42 bits per heavy atom. The summed E-state index contributed by atoms with van der Waals surface area (Å²) >= 11 is 0. The van der Waals surface area contributed by atoms with E-state index in [0.717, 1.165) is 25.0 Å². The van der Waals surface area contributed by atoms with E-state index in [1.54, 1.807) is 11.9 Å². The Kier molecular flexibility index (Phi) is 4.86. The number of rotatable bonds is 5. The second kappa shape index (κ2) is 6.17. The molecule has 1 aromatic rings. The fraction of sp³-hybridized carbons (Fsp3) is 0.462. The second-order valence-corrected chi connectivity index (χ2v) is 4.35. The van der Waals surface area contributed by atoms with Crippen LogP contribution in [0.4, 0.5) is 5.69 Å². The molecule has 0 saturated heterocycles. The molecule has 6 heteroatoms. The standard InChI is InChI=1S/C13H18N2O4/c1-4-10(5-2)14(3)13(17)9-6-7-11(15(18)19)12(16)8-9/h6-8,10,16H,4-5H2,1-3H3. The number of phenolic OH excluding ortho intramolecular Hbond substituents is 1. The number of hydrogen-bond donors (Lipinski definition) is 1. The van der Waals surface area contributed by atoms with Crippen LogP contribution >= 0.6 is 0 Å². The maximum Gasteiger partial charge on any atom is 0.310 e. The molecule has 0 bridgehead atoms. The van der Waals surface area contributed by atoms with Crippen molar-refractivity contribution in [2.75, 3.05) is 7.05 Å². The average molecular weight is 266 g/mol.